The third-order valence-corrected chi connectivity index (χ3v) is 2.96. The molecule has 0 saturated heterocycles. The number of ketones is 2. The molecule has 114 valence electrons. The number of nitrogens with zero attached hydrogens (tertiary/aromatic N) is 1. The summed E-state index contributed by atoms with van der Waals surface area (Å²) in [6.45, 7) is 4.26. The van der Waals surface area contributed by atoms with Crippen LogP contribution in [0.1, 0.15) is 47.1 Å². The van der Waals surface area contributed by atoms with Gasteiger partial charge in [0.1, 0.15) is 28.4 Å². The van der Waals surface area contributed by atoms with E-state index in [1.807, 2.05) is 0 Å². The van der Waals surface area contributed by atoms with Gasteiger partial charge >= 0.3 is 0 Å². The van der Waals surface area contributed by atoms with Gasteiger partial charge in [0, 0.05) is 12.3 Å². The van der Waals surface area contributed by atoms with Gasteiger partial charge in [0.2, 0.25) is 0 Å². The number of rotatable bonds is 5. The fourth-order valence-electron chi connectivity index (χ4n) is 2.03. The van der Waals surface area contributed by atoms with Crippen LogP contribution in [0.2, 0.25) is 0 Å². The Kier molecular flexibility index (Phi) is 5.04. The SMILES string of the molecule is CC(=O)c1c(O)c(C(C)=O)c(O)c(C(C)=NCCN)c1O. The van der Waals surface area contributed by atoms with Crippen LogP contribution in [0, 0.1) is 0 Å². The summed E-state index contributed by atoms with van der Waals surface area (Å²) in [7, 11) is 0. The van der Waals surface area contributed by atoms with Crippen LogP contribution in [0.3, 0.4) is 0 Å². The van der Waals surface area contributed by atoms with E-state index >= 15 is 0 Å². The van der Waals surface area contributed by atoms with Crippen LogP contribution in [0.4, 0.5) is 0 Å². The van der Waals surface area contributed by atoms with Gasteiger partial charge in [-0.1, -0.05) is 0 Å². The summed E-state index contributed by atoms with van der Waals surface area (Å²) in [6.07, 6.45) is 0. The van der Waals surface area contributed by atoms with E-state index < -0.39 is 39.9 Å². The van der Waals surface area contributed by atoms with Gasteiger partial charge in [0.05, 0.1) is 12.1 Å². The van der Waals surface area contributed by atoms with Crippen LogP contribution in [0.5, 0.6) is 17.2 Å². The van der Waals surface area contributed by atoms with Gasteiger partial charge in [-0.2, -0.15) is 0 Å². The van der Waals surface area contributed by atoms with Crippen molar-refractivity contribution in [3.63, 3.8) is 0 Å². The topological polar surface area (TPSA) is 133 Å². The average Bonchev–Trinajstić information content (AvgIpc) is 2.34. The number of aliphatic imine (C=N–C) groups is 1. The monoisotopic (exact) mass is 294 g/mol. The van der Waals surface area contributed by atoms with Crippen molar-refractivity contribution in [2.75, 3.05) is 13.1 Å². The van der Waals surface area contributed by atoms with Crippen molar-refractivity contribution in [1.82, 2.24) is 0 Å². The first-order valence-electron chi connectivity index (χ1n) is 6.28. The van der Waals surface area contributed by atoms with Crippen LogP contribution in [-0.2, 0) is 0 Å². The summed E-state index contributed by atoms with van der Waals surface area (Å²) in [4.78, 5) is 27.2. The molecule has 1 aromatic rings. The lowest BCUT2D eigenvalue weighted by atomic mass is 9.94. The fraction of sp³-hybridized carbons (Fsp3) is 0.357. The fourth-order valence-corrected chi connectivity index (χ4v) is 2.03. The first kappa shape index (κ1) is 16.6. The Hall–Kier alpha value is -2.41. The molecule has 7 heteroatoms. The Labute approximate surface area is 121 Å². The van der Waals surface area contributed by atoms with Gasteiger partial charge in [-0.3, -0.25) is 14.6 Å². The number of hydrogen-bond donors (Lipinski definition) is 4. The Morgan fingerprint density at radius 1 is 0.905 bits per heavy atom. The lowest BCUT2D eigenvalue weighted by Crippen LogP contribution is -2.10. The number of benzene rings is 1. The lowest BCUT2D eigenvalue weighted by Gasteiger charge is -2.15. The molecule has 0 unspecified atom stereocenters. The van der Waals surface area contributed by atoms with Gasteiger partial charge in [0.15, 0.2) is 11.6 Å². The quantitative estimate of drug-likeness (QED) is 0.472. The number of hydrogen-bond acceptors (Lipinski definition) is 7. The smallest absolute Gasteiger partial charge is 0.167 e. The second-order valence-corrected chi connectivity index (χ2v) is 4.54. The molecule has 0 heterocycles. The minimum absolute atomic E-state index is 0.156. The molecule has 0 aliphatic carbocycles. The number of Topliss-reactive ketones (excluding diaryl/α,β-unsaturated/α-hetero) is 2. The van der Waals surface area contributed by atoms with Crippen molar-refractivity contribution in [2.45, 2.75) is 20.8 Å². The standard InChI is InChI=1S/C14H18N2O5/c1-6(16-5-4-15)9-12(19)10(7(2)17)14(21)11(8(3)18)13(9)20/h19-21H,4-5,15H2,1-3H3. The zero-order valence-electron chi connectivity index (χ0n) is 12.1. The molecule has 0 fully saturated rings. The maximum atomic E-state index is 11.6. The van der Waals surface area contributed by atoms with Crippen molar-refractivity contribution in [3.8, 4) is 17.2 Å². The van der Waals surface area contributed by atoms with Gasteiger partial charge in [-0.25, -0.2) is 0 Å². The third kappa shape index (κ3) is 3.03. The molecule has 0 aliphatic heterocycles. The van der Waals surface area contributed by atoms with E-state index in [0.717, 1.165) is 13.8 Å². The molecule has 0 saturated carbocycles. The molecular weight excluding hydrogens is 276 g/mol. The number of phenols is 3. The highest BCUT2D eigenvalue weighted by molar-refractivity contribution is 6.14. The highest BCUT2D eigenvalue weighted by Gasteiger charge is 2.28. The average molecular weight is 294 g/mol. The largest absolute Gasteiger partial charge is 0.506 e. The Balaban J connectivity index is 3.80. The van der Waals surface area contributed by atoms with E-state index in [4.69, 9.17) is 5.73 Å². The maximum absolute atomic E-state index is 11.6. The summed E-state index contributed by atoms with van der Waals surface area (Å²) < 4.78 is 0. The molecule has 0 spiro atoms. The van der Waals surface area contributed by atoms with E-state index in [1.54, 1.807) is 0 Å². The Morgan fingerprint density at radius 2 is 1.29 bits per heavy atom. The van der Waals surface area contributed by atoms with Crippen LogP contribution in [-0.4, -0.2) is 45.7 Å². The molecule has 21 heavy (non-hydrogen) atoms. The molecule has 1 rings (SSSR count). The molecule has 0 amide bonds. The molecule has 7 nitrogen and oxygen atoms in total. The van der Waals surface area contributed by atoms with Crippen LogP contribution in [0.15, 0.2) is 4.99 Å². The van der Waals surface area contributed by atoms with Crippen LogP contribution in [0.25, 0.3) is 0 Å². The summed E-state index contributed by atoms with van der Waals surface area (Å²) >= 11 is 0. The molecular formula is C14H18N2O5. The maximum Gasteiger partial charge on any atom is 0.167 e. The van der Waals surface area contributed by atoms with E-state index in [2.05, 4.69) is 4.99 Å². The highest BCUT2D eigenvalue weighted by atomic mass is 16.3. The molecule has 0 radical (unpaired) electrons. The molecule has 0 aromatic heterocycles. The second-order valence-electron chi connectivity index (χ2n) is 4.54. The number of phenolic OH excluding ortho intramolecular Hbond substituents is 3. The number of nitrogens with two attached hydrogens (primary N) is 1. The van der Waals surface area contributed by atoms with Gasteiger partial charge in [-0.15, -0.1) is 0 Å². The van der Waals surface area contributed by atoms with Crippen molar-refractivity contribution < 1.29 is 24.9 Å². The van der Waals surface area contributed by atoms with Crippen LogP contribution >= 0.6 is 0 Å². The van der Waals surface area contributed by atoms with E-state index in [9.17, 15) is 24.9 Å². The number of aromatic hydroxyl groups is 3. The Bertz CT molecular complexity index is 594. The summed E-state index contributed by atoms with van der Waals surface area (Å²) in [5.41, 5.74) is 4.54. The number of carbonyl (C=O) groups excluding carboxylic acids is 2. The molecule has 0 bridgehead atoms. The Morgan fingerprint density at radius 3 is 1.62 bits per heavy atom. The molecule has 0 aliphatic rings. The molecule has 0 atom stereocenters. The summed E-state index contributed by atoms with van der Waals surface area (Å²) in [5, 5.41) is 30.2. The summed E-state index contributed by atoms with van der Waals surface area (Å²) in [5.74, 6) is -3.23. The van der Waals surface area contributed by atoms with Crippen molar-refractivity contribution in [3.05, 3.63) is 16.7 Å². The lowest BCUT2D eigenvalue weighted by molar-refractivity contribution is 0.101. The number of carbonyl (C=O) groups is 2. The van der Waals surface area contributed by atoms with Gasteiger partial charge < -0.3 is 21.1 Å². The van der Waals surface area contributed by atoms with E-state index in [-0.39, 0.29) is 24.4 Å². The van der Waals surface area contributed by atoms with E-state index in [0.29, 0.717) is 0 Å². The highest BCUT2D eigenvalue weighted by Crippen LogP contribution is 2.42. The molecule has 1 aromatic carbocycles. The first-order chi connectivity index (χ1) is 9.73. The third-order valence-electron chi connectivity index (χ3n) is 2.96. The van der Waals surface area contributed by atoms with Gasteiger partial charge in [0.25, 0.3) is 0 Å². The minimum Gasteiger partial charge on any atom is -0.506 e. The zero-order chi connectivity index (χ0) is 16.3. The second kappa shape index (κ2) is 6.36. The predicted octanol–water partition coefficient (Wildman–Crippen LogP) is 0.976. The van der Waals surface area contributed by atoms with E-state index in [1.165, 1.54) is 6.92 Å². The van der Waals surface area contributed by atoms with Crippen molar-refractivity contribution >= 4 is 17.3 Å². The predicted molar refractivity (Wildman–Crippen MR) is 77.6 cm³/mol. The van der Waals surface area contributed by atoms with Crippen molar-refractivity contribution in [2.24, 2.45) is 10.7 Å². The minimum atomic E-state index is -0.736. The summed E-state index contributed by atoms with van der Waals surface area (Å²) in [6, 6.07) is 0. The van der Waals surface area contributed by atoms with Crippen molar-refractivity contribution in [1.29, 1.82) is 0 Å². The zero-order valence-corrected chi connectivity index (χ0v) is 12.1. The first-order valence-corrected chi connectivity index (χ1v) is 6.28. The van der Waals surface area contributed by atoms with Gasteiger partial charge in [-0.05, 0) is 20.8 Å². The van der Waals surface area contributed by atoms with Crippen LogP contribution < -0.4 is 5.73 Å². The molecule has 5 N–H and O–H groups in total. The normalized spacial score (nSPS) is 11.5.